The molecule has 1 aliphatic rings. The minimum absolute atomic E-state index is 0.0630. The minimum atomic E-state index is -3.90. The standard InChI is InChI=1S/C20H16IN3O4S/c21-14-5-3-4-13(12-14)15(20-22-10-11-28-20)8-9-17(25)19-23-16-6-1-2-7-18(16)29(26,27)24-19/h1-7,10-12,15H,8-9H2,(H,23,24). The number of hydrogen-bond donors (Lipinski definition) is 1. The molecule has 0 amide bonds. The summed E-state index contributed by atoms with van der Waals surface area (Å²) in [5.74, 6) is -0.268. The van der Waals surface area contributed by atoms with Crippen LogP contribution in [0, 0.1) is 3.57 Å². The molecule has 1 unspecified atom stereocenters. The number of anilines is 1. The van der Waals surface area contributed by atoms with Gasteiger partial charge in [0.2, 0.25) is 5.89 Å². The van der Waals surface area contributed by atoms with Crippen LogP contribution in [0.15, 0.2) is 74.7 Å². The molecule has 1 aromatic heterocycles. The molecule has 0 bridgehead atoms. The van der Waals surface area contributed by atoms with E-state index >= 15 is 0 Å². The second kappa shape index (κ2) is 8.07. The largest absolute Gasteiger partial charge is 0.448 e. The molecule has 4 rings (SSSR count). The third kappa shape index (κ3) is 4.25. The Bertz CT molecular complexity index is 1190. The van der Waals surface area contributed by atoms with Crippen LogP contribution in [0.2, 0.25) is 0 Å². The van der Waals surface area contributed by atoms with Gasteiger partial charge in [0.05, 0.1) is 17.8 Å². The molecular weight excluding hydrogens is 505 g/mol. The lowest BCUT2D eigenvalue weighted by Crippen LogP contribution is -2.29. The Morgan fingerprint density at radius 1 is 1.17 bits per heavy atom. The van der Waals surface area contributed by atoms with Crippen molar-refractivity contribution in [2.24, 2.45) is 4.40 Å². The lowest BCUT2D eigenvalue weighted by Gasteiger charge is -2.18. The van der Waals surface area contributed by atoms with Gasteiger partial charge >= 0.3 is 0 Å². The highest BCUT2D eigenvalue weighted by Crippen LogP contribution is 2.31. The van der Waals surface area contributed by atoms with Crippen LogP contribution in [0.5, 0.6) is 0 Å². The Hall–Kier alpha value is -2.53. The number of rotatable bonds is 6. The Labute approximate surface area is 181 Å². The first-order valence-electron chi connectivity index (χ1n) is 8.83. The molecule has 0 fully saturated rings. The van der Waals surface area contributed by atoms with Crippen LogP contribution >= 0.6 is 22.6 Å². The topological polar surface area (TPSA) is 102 Å². The average Bonchev–Trinajstić information content (AvgIpc) is 3.22. The van der Waals surface area contributed by atoms with Gasteiger partial charge in [-0.2, -0.15) is 8.42 Å². The number of carbonyl (C=O) groups excluding carboxylic acids is 1. The van der Waals surface area contributed by atoms with Crippen LogP contribution < -0.4 is 5.32 Å². The number of benzene rings is 2. The fourth-order valence-corrected chi connectivity index (χ4v) is 4.89. The highest BCUT2D eigenvalue weighted by atomic mass is 127. The number of nitrogens with zero attached hydrogens (tertiary/aromatic N) is 2. The van der Waals surface area contributed by atoms with E-state index in [9.17, 15) is 13.2 Å². The van der Waals surface area contributed by atoms with Crippen LogP contribution in [-0.4, -0.2) is 25.0 Å². The normalized spacial score (nSPS) is 15.7. The number of para-hydroxylation sites is 1. The van der Waals surface area contributed by atoms with E-state index in [1.54, 1.807) is 24.4 Å². The van der Waals surface area contributed by atoms with Crippen LogP contribution in [0.25, 0.3) is 0 Å². The summed E-state index contributed by atoms with van der Waals surface area (Å²) in [7, 11) is -3.90. The van der Waals surface area contributed by atoms with Crippen molar-refractivity contribution in [3.63, 3.8) is 0 Å². The van der Waals surface area contributed by atoms with Crippen molar-refractivity contribution in [3.05, 3.63) is 76.0 Å². The fourth-order valence-electron chi connectivity index (χ4n) is 3.19. The predicted octanol–water partition coefficient (Wildman–Crippen LogP) is 3.97. The molecular formula is C20H16IN3O4S. The lowest BCUT2D eigenvalue weighted by molar-refractivity contribution is -0.113. The molecule has 0 aliphatic carbocycles. The van der Waals surface area contributed by atoms with E-state index in [1.807, 2.05) is 24.3 Å². The van der Waals surface area contributed by atoms with Crippen molar-refractivity contribution in [2.75, 3.05) is 5.32 Å². The lowest BCUT2D eigenvalue weighted by atomic mass is 9.93. The summed E-state index contributed by atoms with van der Waals surface area (Å²) in [6.07, 6.45) is 3.55. The van der Waals surface area contributed by atoms with E-state index in [1.165, 1.54) is 12.3 Å². The summed E-state index contributed by atoms with van der Waals surface area (Å²) in [6, 6.07) is 14.3. The first-order chi connectivity index (χ1) is 13.9. The van der Waals surface area contributed by atoms with Gasteiger partial charge in [-0.1, -0.05) is 24.3 Å². The van der Waals surface area contributed by atoms with Crippen LogP contribution in [0.3, 0.4) is 0 Å². The average molecular weight is 521 g/mol. The SMILES string of the molecule is O=C(CCC(c1cccc(I)c1)c1ncco1)C1=NS(=O)(=O)c2ccccc2N1. The van der Waals surface area contributed by atoms with Gasteiger partial charge < -0.3 is 9.73 Å². The monoisotopic (exact) mass is 521 g/mol. The highest BCUT2D eigenvalue weighted by Gasteiger charge is 2.28. The first-order valence-corrected chi connectivity index (χ1v) is 11.3. The van der Waals surface area contributed by atoms with Gasteiger partial charge in [-0.05, 0) is 58.8 Å². The number of fused-ring (bicyclic) bond motifs is 1. The van der Waals surface area contributed by atoms with Gasteiger partial charge in [0.25, 0.3) is 10.0 Å². The third-order valence-electron chi connectivity index (χ3n) is 4.55. The smallest absolute Gasteiger partial charge is 0.286 e. The Balaban J connectivity index is 1.56. The molecule has 1 aliphatic heterocycles. The van der Waals surface area contributed by atoms with E-state index in [0.29, 0.717) is 18.0 Å². The van der Waals surface area contributed by atoms with Gasteiger partial charge in [-0.15, -0.1) is 4.40 Å². The number of hydrogen-bond acceptors (Lipinski definition) is 6. The van der Waals surface area contributed by atoms with E-state index in [4.69, 9.17) is 4.42 Å². The van der Waals surface area contributed by atoms with Crippen LogP contribution in [0.1, 0.15) is 30.2 Å². The number of oxazole rings is 1. The molecule has 3 aromatic rings. The minimum Gasteiger partial charge on any atom is -0.448 e. The number of Topliss-reactive ketones (excluding diaryl/α,β-unsaturated/α-hetero) is 1. The van der Waals surface area contributed by atoms with Crippen molar-refractivity contribution in [3.8, 4) is 0 Å². The number of ketones is 1. The zero-order valence-corrected chi connectivity index (χ0v) is 18.1. The van der Waals surface area contributed by atoms with E-state index < -0.39 is 10.0 Å². The molecule has 2 aromatic carbocycles. The molecule has 29 heavy (non-hydrogen) atoms. The molecule has 1 N–H and O–H groups in total. The molecule has 1 atom stereocenters. The van der Waals surface area contributed by atoms with Gasteiger partial charge in [0.1, 0.15) is 11.2 Å². The number of amidine groups is 1. The van der Waals surface area contributed by atoms with Gasteiger partial charge in [-0.3, -0.25) is 4.79 Å². The summed E-state index contributed by atoms with van der Waals surface area (Å²) in [5.41, 5.74) is 1.33. The number of halogens is 1. The molecule has 0 saturated heterocycles. The Morgan fingerprint density at radius 3 is 2.76 bits per heavy atom. The van der Waals surface area contributed by atoms with E-state index in [0.717, 1.165) is 9.13 Å². The molecule has 2 heterocycles. The molecule has 9 heteroatoms. The third-order valence-corrected chi connectivity index (χ3v) is 6.56. The number of aromatic nitrogens is 1. The Morgan fingerprint density at radius 2 is 2.00 bits per heavy atom. The van der Waals surface area contributed by atoms with Crippen molar-refractivity contribution < 1.29 is 17.6 Å². The van der Waals surface area contributed by atoms with Gasteiger partial charge in [0.15, 0.2) is 11.6 Å². The second-order valence-corrected chi connectivity index (χ2v) is 9.29. The quantitative estimate of drug-likeness (QED) is 0.493. The van der Waals surface area contributed by atoms with Gasteiger partial charge in [0, 0.05) is 9.99 Å². The Kier molecular flexibility index (Phi) is 5.50. The maximum Gasteiger partial charge on any atom is 0.286 e. The molecule has 148 valence electrons. The summed E-state index contributed by atoms with van der Waals surface area (Å²) < 4.78 is 34.9. The van der Waals surface area contributed by atoms with Crippen LogP contribution in [0.4, 0.5) is 5.69 Å². The second-order valence-electron chi connectivity index (χ2n) is 6.48. The van der Waals surface area contributed by atoms with Gasteiger partial charge in [-0.25, -0.2) is 4.98 Å². The van der Waals surface area contributed by atoms with Crippen molar-refractivity contribution in [2.45, 2.75) is 23.7 Å². The van der Waals surface area contributed by atoms with Crippen molar-refractivity contribution in [1.82, 2.24) is 4.98 Å². The van der Waals surface area contributed by atoms with E-state index in [2.05, 4.69) is 37.3 Å². The van der Waals surface area contributed by atoms with Crippen molar-refractivity contribution in [1.29, 1.82) is 0 Å². The molecule has 0 spiro atoms. The van der Waals surface area contributed by atoms with E-state index in [-0.39, 0.29) is 28.9 Å². The molecule has 7 nitrogen and oxygen atoms in total. The number of carbonyl (C=O) groups is 1. The van der Waals surface area contributed by atoms with Crippen LogP contribution in [-0.2, 0) is 14.8 Å². The zero-order valence-electron chi connectivity index (χ0n) is 15.1. The maximum atomic E-state index is 12.8. The highest BCUT2D eigenvalue weighted by molar-refractivity contribution is 14.1. The van der Waals surface area contributed by atoms with Crippen molar-refractivity contribution >= 4 is 49.9 Å². The summed E-state index contributed by atoms with van der Waals surface area (Å²) in [6.45, 7) is 0. The number of nitrogens with one attached hydrogen (secondary N) is 1. The molecule has 0 saturated carbocycles. The number of sulfonamides is 1. The molecule has 0 radical (unpaired) electrons. The predicted molar refractivity (Wildman–Crippen MR) is 116 cm³/mol. The fraction of sp³-hybridized carbons (Fsp3) is 0.150. The zero-order chi connectivity index (χ0) is 20.4. The first kappa shape index (κ1) is 19.8. The summed E-state index contributed by atoms with van der Waals surface area (Å²) >= 11 is 2.22. The maximum absolute atomic E-state index is 12.8. The summed E-state index contributed by atoms with van der Waals surface area (Å²) in [5, 5.41) is 2.84. The summed E-state index contributed by atoms with van der Waals surface area (Å²) in [4.78, 5) is 17.1.